The number of pyridine rings is 1. The topological polar surface area (TPSA) is 42.2 Å². The van der Waals surface area contributed by atoms with Crippen molar-refractivity contribution in [3.05, 3.63) is 58.8 Å². The first-order chi connectivity index (χ1) is 10.7. The Bertz CT molecular complexity index is 789. The Morgan fingerprint density at radius 3 is 2.05 bits per heavy atom. The predicted molar refractivity (Wildman–Crippen MR) is 91.2 cm³/mol. The summed E-state index contributed by atoms with van der Waals surface area (Å²) in [5.41, 5.74) is 2.08. The Balaban J connectivity index is 2.09. The molecule has 0 bridgehead atoms. The number of benzene rings is 2. The maximum atomic E-state index is 12.6. The lowest BCUT2D eigenvalue weighted by molar-refractivity contribution is 0.180. The van der Waals surface area contributed by atoms with Crippen molar-refractivity contribution in [1.29, 1.82) is 0 Å². The van der Waals surface area contributed by atoms with E-state index in [2.05, 4.69) is 4.57 Å². The van der Waals surface area contributed by atoms with Gasteiger partial charge in [-0.1, -0.05) is 24.3 Å². The highest BCUT2D eigenvalue weighted by Crippen LogP contribution is 2.20. The molecule has 114 valence electrons. The van der Waals surface area contributed by atoms with Crippen LogP contribution in [0.2, 0.25) is 0 Å². The molecule has 3 heteroatoms. The number of aliphatic hydroxyl groups excluding tert-OH is 1. The molecule has 1 heterocycles. The summed E-state index contributed by atoms with van der Waals surface area (Å²) in [7, 11) is 0. The minimum Gasteiger partial charge on any atom is -0.393 e. The number of para-hydroxylation sites is 2. The molecule has 0 unspecified atom stereocenters. The van der Waals surface area contributed by atoms with E-state index in [0.29, 0.717) is 0 Å². The van der Waals surface area contributed by atoms with Gasteiger partial charge >= 0.3 is 0 Å². The van der Waals surface area contributed by atoms with Gasteiger partial charge in [-0.15, -0.1) is 0 Å². The van der Waals surface area contributed by atoms with Crippen molar-refractivity contribution < 1.29 is 5.11 Å². The van der Waals surface area contributed by atoms with Crippen LogP contribution in [0.5, 0.6) is 0 Å². The molecule has 0 fully saturated rings. The summed E-state index contributed by atoms with van der Waals surface area (Å²) in [5, 5.41) is 10.9. The fourth-order valence-electron chi connectivity index (χ4n) is 3.03. The second-order valence-electron chi connectivity index (χ2n) is 5.86. The largest absolute Gasteiger partial charge is 0.393 e. The molecule has 2 aromatic carbocycles. The number of fused-ring (bicyclic) bond motifs is 2. The summed E-state index contributed by atoms with van der Waals surface area (Å²) < 4.78 is 2.23. The van der Waals surface area contributed by atoms with Crippen LogP contribution < -0.4 is 5.43 Å². The maximum absolute atomic E-state index is 12.6. The van der Waals surface area contributed by atoms with Gasteiger partial charge in [0.1, 0.15) is 0 Å². The summed E-state index contributed by atoms with van der Waals surface area (Å²) in [6.07, 6.45) is 2.53. The second-order valence-corrected chi connectivity index (χ2v) is 5.86. The first-order valence-corrected chi connectivity index (χ1v) is 7.87. The number of rotatable bonds is 5. The number of aromatic nitrogens is 1. The van der Waals surface area contributed by atoms with E-state index in [1.807, 2.05) is 55.5 Å². The number of hydrogen-bond donors (Lipinski definition) is 1. The molecule has 3 rings (SSSR count). The van der Waals surface area contributed by atoms with E-state index in [9.17, 15) is 9.90 Å². The van der Waals surface area contributed by atoms with E-state index < -0.39 is 0 Å². The molecule has 0 radical (unpaired) electrons. The Labute approximate surface area is 129 Å². The first-order valence-electron chi connectivity index (χ1n) is 7.87. The molecule has 1 atom stereocenters. The molecule has 0 aliphatic heterocycles. The minimum absolute atomic E-state index is 0.103. The Hall–Kier alpha value is -2.13. The molecule has 3 nitrogen and oxygen atoms in total. The average molecular weight is 295 g/mol. The van der Waals surface area contributed by atoms with E-state index in [4.69, 9.17) is 0 Å². The predicted octanol–water partition coefficient (Wildman–Crippen LogP) is 3.71. The molecule has 0 amide bonds. The molecule has 3 aromatic rings. The van der Waals surface area contributed by atoms with Gasteiger partial charge in [0, 0.05) is 17.3 Å². The Morgan fingerprint density at radius 2 is 1.50 bits per heavy atom. The van der Waals surface area contributed by atoms with Gasteiger partial charge in [0.15, 0.2) is 5.43 Å². The molecule has 0 saturated heterocycles. The lowest BCUT2D eigenvalue weighted by atomic mass is 10.1. The van der Waals surface area contributed by atoms with Gasteiger partial charge in [0.2, 0.25) is 0 Å². The van der Waals surface area contributed by atoms with Crippen LogP contribution in [0, 0.1) is 0 Å². The van der Waals surface area contributed by atoms with Crippen molar-refractivity contribution in [1.82, 2.24) is 4.57 Å². The SMILES string of the molecule is C[C@@H](O)CCCCn1c2ccccc2c(=O)c2ccccc21. The second kappa shape index (κ2) is 6.32. The summed E-state index contributed by atoms with van der Waals surface area (Å²) in [6, 6.07) is 15.6. The number of nitrogens with zero attached hydrogens (tertiary/aromatic N) is 1. The van der Waals surface area contributed by atoms with Crippen molar-refractivity contribution in [2.45, 2.75) is 38.8 Å². The van der Waals surface area contributed by atoms with E-state index >= 15 is 0 Å². The number of hydrogen-bond acceptors (Lipinski definition) is 2. The Kier molecular flexibility index (Phi) is 4.25. The highest BCUT2D eigenvalue weighted by Gasteiger charge is 2.09. The van der Waals surface area contributed by atoms with Crippen molar-refractivity contribution in [3.8, 4) is 0 Å². The number of aryl methyl sites for hydroxylation is 1. The van der Waals surface area contributed by atoms with Crippen LogP contribution in [0.3, 0.4) is 0 Å². The molecule has 0 aliphatic rings. The van der Waals surface area contributed by atoms with Crippen molar-refractivity contribution in [2.24, 2.45) is 0 Å². The summed E-state index contributed by atoms with van der Waals surface area (Å²) in [6.45, 7) is 2.68. The molecule has 1 N–H and O–H groups in total. The van der Waals surface area contributed by atoms with Crippen molar-refractivity contribution in [2.75, 3.05) is 0 Å². The van der Waals surface area contributed by atoms with Gasteiger partial charge in [0.25, 0.3) is 0 Å². The van der Waals surface area contributed by atoms with Gasteiger partial charge < -0.3 is 9.67 Å². The highest BCUT2D eigenvalue weighted by molar-refractivity contribution is 5.93. The fourth-order valence-corrected chi connectivity index (χ4v) is 3.03. The standard InChI is InChI=1S/C19H21NO2/c1-14(21)8-6-7-13-20-17-11-4-2-9-15(17)19(22)16-10-3-5-12-18(16)20/h2-5,9-12,14,21H,6-8,13H2,1H3/t14-/m1/s1. The highest BCUT2D eigenvalue weighted by atomic mass is 16.3. The lowest BCUT2D eigenvalue weighted by Crippen LogP contribution is -2.12. The van der Waals surface area contributed by atoms with Crippen LogP contribution in [0.25, 0.3) is 21.8 Å². The monoisotopic (exact) mass is 295 g/mol. The summed E-state index contributed by atoms with van der Waals surface area (Å²) in [4.78, 5) is 12.6. The zero-order chi connectivity index (χ0) is 15.5. The van der Waals surface area contributed by atoms with Crippen LogP contribution >= 0.6 is 0 Å². The molecule has 1 aromatic heterocycles. The Morgan fingerprint density at radius 1 is 0.955 bits per heavy atom. The molecule has 22 heavy (non-hydrogen) atoms. The molecule has 0 saturated carbocycles. The molecule has 0 aliphatic carbocycles. The molecular weight excluding hydrogens is 274 g/mol. The third kappa shape index (κ3) is 2.77. The number of aliphatic hydroxyl groups is 1. The van der Waals surface area contributed by atoms with E-state index in [0.717, 1.165) is 47.6 Å². The van der Waals surface area contributed by atoms with Gasteiger partial charge in [-0.05, 0) is 50.5 Å². The molecular formula is C19H21NO2. The zero-order valence-corrected chi connectivity index (χ0v) is 12.8. The third-order valence-electron chi connectivity index (χ3n) is 4.13. The molecule has 0 spiro atoms. The third-order valence-corrected chi connectivity index (χ3v) is 4.13. The minimum atomic E-state index is -0.248. The lowest BCUT2D eigenvalue weighted by Gasteiger charge is -2.15. The van der Waals surface area contributed by atoms with Crippen LogP contribution in [-0.4, -0.2) is 15.8 Å². The smallest absolute Gasteiger partial charge is 0.197 e. The average Bonchev–Trinajstić information content (AvgIpc) is 2.54. The van der Waals surface area contributed by atoms with Gasteiger partial charge in [0.05, 0.1) is 17.1 Å². The van der Waals surface area contributed by atoms with Crippen molar-refractivity contribution >= 4 is 21.8 Å². The van der Waals surface area contributed by atoms with E-state index in [1.54, 1.807) is 0 Å². The van der Waals surface area contributed by atoms with E-state index in [1.165, 1.54) is 0 Å². The van der Waals surface area contributed by atoms with Gasteiger partial charge in [-0.25, -0.2) is 0 Å². The van der Waals surface area contributed by atoms with Crippen LogP contribution in [0.1, 0.15) is 26.2 Å². The quantitative estimate of drug-likeness (QED) is 0.576. The first kappa shape index (κ1) is 14.8. The fraction of sp³-hybridized carbons (Fsp3) is 0.316. The summed E-state index contributed by atoms with van der Waals surface area (Å²) >= 11 is 0. The zero-order valence-electron chi connectivity index (χ0n) is 12.8. The van der Waals surface area contributed by atoms with Crippen LogP contribution in [-0.2, 0) is 6.54 Å². The van der Waals surface area contributed by atoms with Gasteiger partial charge in [-0.3, -0.25) is 4.79 Å². The maximum Gasteiger partial charge on any atom is 0.197 e. The van der Waals surface area contributed by atoms with Crippen LogP contribution in [0.15, 0.2) is 53.3 Å². The van der Waals surface area contributed by atoms with Crippen LogP contribution in [0.4, 0.5) is 0 Å². The summed E-state index contributed by atoms with van der Waals surface area (Å²) in [5.74, 6) is 0. The van der Waals surface area contributed by atoms with Gasteiger partial charge in [-0.2, -0.15) is 0 Å². The van der Waals surface area contributed by atoms with Crippen molar-refractivity contribution in [3.63, 3.8) is 0 Å². The number of unbranched alkanes of at least 4 members (excludes halogenated alkanes) is 1. The van der Waals surface area contributed by atoms with E-state index in [-0.39, 0.29) is 11.5 Å². The normalized spacial score (nSPS) is 12.8.